The molecular formula is C13H17BrN2O3S. The molecule has 2 rings (SSSR count). The Bertz CT molecular complexity index is 631. The van der Waals surface area contributed by atoms with Gasteiger partial charge < -0.3 is 10.2 Å². The Morgan fingerprint density at radius 3 is 2.70 bits per heavy atom. The molecule has 1 heterocycles. The molecule has 0 aliphatic carbocycles. The van der Waals surface area contributed by atoms with Gasteiger partial charge in [0.05, 0.1) is 4.90 Å². The van der Waals surface area contributed by atoms with Crippen LogP contribution in [-0.4, -0.2) is 51.2 Å². The highest BCUT2D eigenvalue weighted by Gasteiger charge is 2.22. The molecule has 1 atom stereocenters. The van der Waals surface area contributed by atoms with Crippen LogP contribution in [0.1, 0.15) is 17.3 Å². The Labute approximate surface area is 127 Å². The number of sulfone groups is 1. The summed E-state index contributed by atoms with van der Waals surface area (Å²) in [5.41, 5.74) is 0.498. The quantitative estimate of drug-likeness (QED) is 0.862. The molecule has 0 unspecified atom stereocenters. The van der Waals surface area contributed by atoms with Crippen LogP contribution in [0.2, 0.25) is 0 Å². The molecule has 1 aromatic rings. The molecule has 20 heavy (non-hydrogen) atoms. The smallest absolute Gasteiger partial charge is 0.253 e. The highest BCUT2D eigenvalue weighted by atomic mass is 79.9. The normalized spacial score (nSPS) is 19.9. The van der Waals surface area contributed by atoms with Crippen molar-refractivity contribution < 1.29 is 13.2 Å². The van der Waals surface area contributed by atoms with E-state index in [9.17, 15) is 13.2 Å². The topological polar surface area (TPSA) is 66.5 Å². The zero-order chi connectivity index (χ0) is 14.9. The number of carbonyl (C=O) groups is 1. The summed E-state index contributed by atoms with van der Waals surface area (Å²) < 4.78 is 23.5. The summed E-state index contributed by atoms with van der Waals surface area (Å²) in [5, 5.41) is 3.28. The number of amides is 1. The Kier molecular flexibility index (Phi) is 4.51. The maximum absolute atomic E-state index is 12.4. The molecule has 1 saturated heterocycles. The molecule has 1 aliphatic heterocycles. The average Bonchev–Trinajstić information content (AvgIpc) is 2.36. The lowest BCUT2D eigenvalue weighted by molar-refractivity contribution is 0.0709. The van der Waals surface area contributed by atoms with E-state index in [0.717, 1.165) is 12.8 Å². The first kappa shape index (κ1) is 15.5. The van der Waals surface area contributed by atoms with E-state index in [1.807, 2.05) is 6.92 Å². The Morgan fingerprint density at radius 1 is 1.45 bits per heavy atom. The lowest BCUT2D eigenvalue weighted by atomic mass is 10.1. The molecule has 110 valence electrons. The third-order valence-electron chi connectivity index (χ3n) is 3.23. The van der Waals surface area contributed by atoms with Gasteiger partial charge in [0.2, 0.25) is 0 Å². The van der Waals surface area contributed by atoms with Gasteiger partial charge in [-0.2, -0.15) is 0 Å². The van der Waals surface area contributed by atoms with Crippen LogP contribution in [0.25, 0.3) is 0 Å². The predicted octanol–water partition coefficient (Wildman–Crippen LogP) is 1.29. The molecule has 0 spiro atoms. The van der Waals surface area contributed by atoms with Crippen molar-refractivity contribution >= 4 is 31.7 Å². The van der Waals surface area contributed by atoms with E-state index in [4.69, 9.17) is 0 Å². The number of benzene rings is 1. The highest BCUT2D eigenvalue weighted by Crippen LogP contribution is 2.24. The Balaban J connectivity index is 2.25. The summed E-state index contributed by atoms with van der Waals surface area (Å²) in [7, 11) is -3.29. The number of rotatable bonds is 2. The van der Waals surface area contributed by atoms with E-state index in [0.29, 0.717) is 23.1 Å². The molecule has 1 aromatic carbocycles. The SMILES string of the molecule is C[C@@H]1CN(C(=O)c2ccc(S(C)(=O)=O)c(Br)c2)CCN1. The van der Waals surface area contributed by atoms with Crippen LogP contribution in [-0.2, 0) is 9.84 Å². The number of halogens is 1. The summed E-state index contributed by atoms with van der Waals surface area (Å²) in [5.74, 6) is -0.0703. The monoisotopic (exact) mass is 360 g/mol. The van der Waals surface area contributed by atoms with Crippen LogP contribution < -0.4 is 5.32 Å². The van der Waals surface area contributed by atoms with E-state index in [1.165, 1.54) is 6.07 Å². The van der Waals surface area contributed by atoms with Gasteiger partial charge in [-0.1, -0.05) is 0 Å². The first-order valence-corrected chi connectivity index (χ1v) is 9.00. The second-order valence-electron chi connectivity index (χ2n) is 5.02. The fourth-order valence-electron chi connectivity index (χ4n) is 2.23. The van der Waals surface area contributed by atoms with Gasteiger partial charge in [-0.05, 0) is 41.1 Å². The highest BCUT2D eigenvalue weighted by molar-refractivity contribution is 9.10. The molecule has 7 heteroatoms. The van der Waals surface area contributed by atoms with E-state index in [-0.39, 0.29) is 16.8 Å². The molecule has 0 bridgehead atoms. The van der Waals surface area contributed by atoms with Crippen molar-refractivity contribution in [3.05, 3.63) is 28.2 Å². The maximum atomic E-state index is 12.4. The fourth-order valence-corrected chi connectivity index (χ4v) is 4.22. The summed E-state index contributed by atoms with van der Waals surface area (Å²) >= 11 is 3.22. The van der Waals surface area contributed by atoms with Crippen molar-refractivity contribution in [1.82, 2.24) is 10.2 Å². The van der Waals surface area contributed by atoms with Crippen LogP contribution in [0.15, 0.2) is 27.6 Å². The van der Waals surface area contributed by atoms with Gasteiger partial charge in [-0.25, -0.2) is 8.42 Å². The van der Waals surface area contributed by atoms with E-state index in [2.05, 4.69) is 21.2 Å². The van der Waals surface area contributed by atoms with Crippen molar-refractivity contribution in [2.45, 2.75) is 17.9 Å². The van der Waals surface area contributed by atoms with Crippen molar-refractivity contribution in [3.63, 3.8) is 0 Å². The largest absolute Gasteiger partial charge is 0.336 e. The summed E-state index contributed by atoms with van der Waals surface area (Å²) in [4.78, 5) is 14.4. The molecule has 1 fully saturated rings. The minimum atomic E-state index is -3.29. The van der Waals surface area contributed by atoms with Crippen molar-refractivity contribution in [3.8, 4) is 0 Å². The van der Waals surface area contributed by atoms with Crippen LogP contribution in [0.5, 0.6) is 0 Å². The number of hydrogen-bond donors (Lipinski definition) is 1. The van der Waals surface area contributed by atoms with Crippen molar-refractivity contribution in [2.24, 2.45) is 0 Å². The summed E-state index contributed by atoms with van der Waals surface area (Å²) in [6, 6.07) is 4.88. The summed E-state index contributed by atoms with van der Waals surface area (Å²) in [6.07, 6.45) is 1.15. The first-order chi connectivity index (χ1) is 9.29. The predicted molar refractivity (Wildman–Crippen MR) is 80.6 cm³/mol. The van der Waals surface area contributed by atoms with E-state index >= 15 is 0 Å². The maximum Gasteiger partial charge on any atom is 0.253 e. The van der Waals surface area contributed by atoms with Gasteiger partial charge in [0.1, 0.15) is 0 Å². The third-order valence-corrected chi connectivity index (χ3v) is 5.31. The zero-order valence-electron chi connectivity index (χ0n) is 11.4. The van der Waals surface area contributed by atoms with E-state index in [1.54, 1.807) is 17.0 Å². The van der Waals surface area contributed by atoms with Gasteiger partial charge in [0, 0.05) is 42.0 Å². The number of carbonyl (C=O) groups excluding carboxylic acids is 1. The van der Waals surface area contributed by atoms with Crippen molar-refractivity contribution in [2.75, 3.05) is 25.9 Å². The van der Waals surface area contributed by atoms with Crippen molar-refractivity contribution in [1.29, 1.82) is 0 Å². The first-order valence-electron chi connectivity index (χ1n) is 6.31. The van der Waals surface area contributed by atoms with Crippen LogP contribution in [0, 0.1) is 0 Å². The van der Waals surface area contributed by atoms with Crippen LogP contribution >= 0.6 is 15.9 Å². The minimum absolute atomic E-state index is 0.0703. The number of nitrogens with one attached hydrogen (secondary N) is 1. The summed E-state index contributed by atoms with van der Waals surface area (Å²) in [6.45, 7) is 4.12. The molecule has 1 amide bonds. The van der Waals surface area contributed by atoms with E-state index < -0.39 is 9.84 Å². The van der Waals surface area contributed by atoms with Gasteiger partial charge >= 0.3 is 0 Å². The number of nitrogens with zero attached hydrogens (tertiary/aromatic N) is 1. The molecule has 5 nitrogen and oxygen atoms in total. The number of piperazine rings is 1. The number of hydrogen-bond acceptors (Lipinski definition) is 4. The lowest BCUT2D eigenvalue weighted by Crippen LogP contribution is -2.51. The van der Waals surface area contributed by atoms with Crippen LogP contribution in [0.4, 0.5) is 0 Å². The average molecular weight is 361 g/mol. The minimum Gasteiger partial charge on any atom is -0.336 e. The molecule has 0 radical (unpaired) electrons. The fraction of sp³-hybridized carbons (Fsp3) is 0.462. The van der Waals surface area contributed by atoms with Gasteiger partial charge in [-0.3, -0.25) is 4.79 Å². The molecule has 0 saturated carbocycles. The van der Waals surface area contributed by atoms with Gasteiger partial charge in [0.15, 0.2) is 9.84 Å². The second-order valence-corrected chi connectivity index (χ2v) is 7.86. The Hall–Kier alpha value is -0.920. The molecule has 1 N–H and O–H groups in total. The second kappa shape index (κ2) is 5.83. The third kappa shape index (κ3) is 3.39. The standard InChI is InChI=1S/C13H17BrN2O3S/c1-9-8-16(6-5-15-9)13(17)10-3-4-12(11(14)7-10)20(2,18)19/h3-4,7,9,15H,5-6,8H2,1-2H3/t9-/m1/s1. The van der Waals surface area contributed by atoms with Gasteiger partial charge in [-0.15, -0.1) is 0 Å². The van der Waals surface area contributed by atoms with Crippen LogP contribution in [0.3, 0.4) is 0 Å². The molecule has 0 aromatic heterocycles. The Morgan fingerprint density at radius 2 is 2.15 bits per heavy atom. The lowest BCUT2D eigenvalue weighted by Gasteiger charge is -2.32. The van der Waals surface area contributed by atoms with Gasteiger partial charge in [0.25, 0.3) is 5.91 Å². The molecule has 1 aliphatic rings. The molecular weight excluding hydrogens is 344 g/mol. The zero-order valence-corrected chi connectivity index (χ0v) is 13.8.